The molecule has 56 heavy (non-hydrogen) atoms. The molecule has 4 heterocycles. The molecule has 13 nitrogen and oxygen atoms in total. The molecule has 2 fully saturated rings. The number of alkyl carbamates (subject to hydrolysis) is 2. The van der Waals surface area contributed by atoms with Gasteiger partial charge in [-0.1, -0.05) is 68.2 Å². The minimum atomic E-state index is -0.689. The zero-order valence-corrected chi connectivity index (χ0v) is 32.2. The molecule has 2 aliphatic rings. The third kappa shape index (κ3) is 8.56. The van der Waals surface area contributed by atoms with Crippen LogP contribution in [-0.2, 0) is 14.3 Å². The topological polar surface area (TPSA) is 158 Å². The largest absolute Gasteiger partial charge is 0.453 e. The summed E-state index contributed by atoms with van der Waals surface area (Å²) in [5, 5.41) is 5.70. The average Bonchev–Trinajstić information content (AvgIpc) is 4.05. The van der Waals surface area contributed by atoms with Crippen molar-refractivity contribution >= 4 is 29.1 Å². The first-order valence-electron chi connectivity index (χ1n) is 19.2. The number of hydrogen-bond donors (Lipinski definition) is 4. The number of carbonyl (C=O) groups excluding carboxylic acids is 3. The van der Waals surface area contributed by atoms with E-state index >= 15 is 0 Å². The highest BCUT2D eigenvalue weighted by Gasteiger charge is 2.37. The first-order valence-corrected chi connectivity index (χ1v) is 19.2. The minimum Gasteiger partial charge on any atom is -0.453 e. The van der Waals surface area contributed by atoms with Gasteiger partial charge in [-0.25, -0.2) is 19.6 Å². The lowest BCUT2D eigenvalue weighted by Crippen LogP contribution is -2.51. The van der Waals surface area contributed by atoms with E-state index in [0.29, 0.717) is 13.1 Å². The quantitative estimate of drug-likeness (QED) is 0.116. The second kappa shape index (κ2) is 17.1. The molecule has 2 saturated heterocycles. The van der Waals surface area contributed by atoms with Crippen molar-refractivity contribution in [3.63, 3.8) is 0 Å². The van der Waals surface area contributed by atoms with Gasteiger partial charge in [0, 0.05) is 24.2 Å². The van der Waals surface area contributed by atoms with Crippen LogP contribution >= 0.6 is 0 Å². The standard InChI is InChI=1S/C43H48N8O5/c1-27(2)38(49-43(54)56-4)41(52)51-23-9-13-37(51)40-45-32-21-18-29(24-33(32)46-40)15-14-28-16-19-31(20-17-28)34-25-44-39(47-34)36-12-8-22-50(36)26-35(48-42(53)55-3)30-10-6-5-7-11-30/h5-7,10-11,16-21,24-25,27,35-38H,8-9,12-13,22-23,26H2,1-4H3,(H,44,47)(H,45,46)(H,48,53)(H,49,54). The molecule has 5 aromatic rings. The summed E-state index contributed by atoms with van der Waals surface area (Å²) in [6.45, 7) is 5.94. The van der Waals surface area contributed by atoms with Gasteiger partial charge < -0.3 is 35.0 Å². The number of amides is 3. The summed E-state index contributed by atoms with van der Waals surface area (Å²) in [6.07, 6.45) is 4.44. The van der Waals surface area contributed by atoms with Gasteiger partial charge in [0.1, 0.15) is 17.7 Å². The summed E-state index contributed by atoms with van der Waals surface area (Å²) in [4.78, 5) is 58.5. The van der Waals surface area contributed by atoms with Gasteiger partial charge in [-0.2, -0.15) is 0 Å². The van der Waals surface area contributed by atoms with Gasteiger partial charge in [-0.15, -0.1) is 0 Å². The van der Waals surface area contributed by atoms with Crippen LogP contribution in [-0.4, -0.2) is 87.7 Å². The zero-order valence-electron chi connectivity index (χ0n) is 32.2. The number of likely N-dealkylation sites (tertiary alicyclic amines) is 2. The maximum atomic E-state index is 13.6. The molecule has 2 aromatic heterocycles. The van der Waals surface area contributed by atoms with Gasteiger partial charge >= 0.3 is 12.2 Å². The molecule has 7 rings (SSSR count). The van der Waals surface area contributed by atoms with Crippen LogP contribution in [0.1, 0.15) is 86.0 Å². The van der Waals surface area contributed by atoms with Crippen LogP contribution in [0.4, 0.5) is 9.59 Å². The molecule has 4 unspecified atom stereocenters. The Hall–Kier alpha value is -6.13. The Morgan fingerprint density at radius 3 is 2.29 bits per heavy atom. The number of rotatable bonds is 10. The van der Waals surface area contributed by atoms with Crippen molar-refractivity contribution < 1.29 is 23.9 Å². The highest BCUT2D eigenvalue weighted by Crippen LogP contribution is 2.34. The van der Waals surface area contributed by atoms with E-state index in [9.17, 15) is 14.4 Å². The number of nitrogens with one attached hydrogen (secondary N) is 4. The Bertz CT molecular complexity index is 2220. The van der Waals surface area contributed by atoms with Crippen molar-refractivity contribution in [2.45, 2.75) is 63.7 Å². The van der Waals surface area contributed by atoms with Gasteiger partial charge in [0.15, 0.2) is 0 Å². The second-order valence-electron chi connectivity index (χ2n) is 14.7. The van der Waals surface area contributed by atoms with Gasteiger partial charge in [-0.3, -0.25) is 9.69 Å². The van der Waals surface area contributed by atoms with Crippen LogP contribution in [0.5, 0.6) is 0 Å². The Balaban J connectivity index is 1.01. The Kier molecular flexibility index (Phi) is 11.7. The highest BCUT2D eigenvalue weighted by molar-refractivity contribution is 5.86. The lowest BCUT2D eigenvalue weighted by Gasteiger charge is -2.29. The van der Waals surface area contributed by atoms with E-state index in [-0.39, 0.29) is 30.0 Å². The lowest BCUT2D eigenvalue weighted by atomic mass is 10.0. The number of methoxy groups -OCH3 is 2. The van der Waals surface area contributed by atoms with Crippen LogP contribution < -0.4 is 10.6 Å². The van der Waals surface area contributed by atoms with Gasteiger partial charge in [-0.05, 0) is 79.6 Å². The average molecular weight is 757 g/mol. The molecule has 13 heteroatoms. The Labute approximate surface area is 326 Å². The number of aromatic amines is 2. The molecule has 4 atom stereocenters. The number of benzene rings is 3. The van der Waals surface area contributed by atoms with Crippen LogP contribution in [0.3, 0.4) is 0 Å². The van der Waals surface area contributed by atoms with E-state index in [1.165, 1.54) is 14.2 Å². The first-order chi connectivity index (χ1) is 27.2. The van der Waals surface area contributed by atoms with Crippen LogP contribution in [0.2, 0.25) is 0 Å². The number of carbonyl (C=O) groups is 3. The van der Waals surface area contributed by atoms with Gasteiger partial charge in [0.05, 0.1) is 55.3 Å². The van der Waals surface area contributed by atoms with Crippen LogP contribution in [0, 0.1) is 17.8 Å². The number of imidazole rings is 2. The Morgan fingerprint density at radius 2 is 1.54 bits per heavy atom. The molecule has 3 aromatic carbocycles. The van der Waals surface area contributed by atoms with Crippen molar-refractivity contribution in [3.8, 4) is 23.1 Å². The molecule has 290 valence electrons. The molecule has 4 N–H and O–H groups in total. The normalized spacial score (nSPS) is 18.0. The number of ether oxygens (including phenoxy) is 2. The molecule has 0 spiro atoms. The predicted octanol–water partition coefficient (Wildman–Crippen LogP) is 6.63. The van der Waals surface area contributed by atoms with E-state index in [0.717, 1.165) is 82.9 Å². The number of hydrogen-bond acceptors (Lipinski definition) is 8. The highest BCUT2D eigenvalue weighted by atomic mass is 16.5. The monoisotopic (exact) mass is 756 g/mol. The second-order valence-corrected chi connectivity index (χ2v) is 14.7. The third-order valence-electron chi connectivity index (χ3n) is 10.7. The fourth-order valence-corrected chi connectivity index (χ4v) is 7.70. The van der Waals surface area contributed by atoms with Gasteiger partial charge in [0.25, 0.3) is 0 Å². The van der Waals surface area contributed by atoms with E-state index in [1.807, 2.05) is 97.7 Å². The summed E-state index contributed by atoms with van der Waals surface area (Å²) in [5.74, 6) is 7.95. The summed E-state index contributed by atoms with van der Waals surface area (Å²) < 4.78 is 9.68. The smallest absolute Gasteiger partial charge is 0.407 e. The number of aromatic nitrogens is 4. The van der Waals surface area contributed by atoms with Crippen LogP contribution in [0.25, 0.3) is 22.3 Å². The fourth-order valence-electron chi connectivity index (χ4n) is 7.70. The molecular formula is C43H48N8O5. The van der Waals surface area contributed by atoms with Crippen molar-refractivity contribution in [2.24, 2.45) is 5.92 Å². The molecule has 0 aliphatic carbocycles. The predicted molar refractivity (Wildman–Crippen MR) is 212 cm³/mol. The van der Waals surface area contributed by atoms with Crippen molar-refractivity contribution in [1.29, 1.82) is 0 Å². The zero-order chi connectivity index (χ0) is 39.2. The SMILES string of the molecule is COC(=O)NC(CN1CCCC1c1ncc(-c2ccc(C#Cc3ccc4nc(C5CCCN5C(=O)C(NC(=O)OC)C(C)C)[nH]c4c3)cc2)[nH]1)c1ccccc1. The summed E-state index contributed by atoms with van der Waals surface area (Å²) >= 11 is 0. The molecule has 0 bridgehead atoms. The van der Waals surface area contributed by atoms with Crippen molar-refractivity contribution in [2.75, 3.05) is 33.9 Å². The number of nitrogens with zero attached hydrogens (tertiary/aromatic N) is 4. The minimum absolute atomic E-state index is 0.105. The number of H-pyrrole nitrogens is 2. The molecule has 2 aliphatic heterocycles. The van der Waals surface area contributed by atoms with Crippen molar-refractivity contribution in [3.05, 3.63) is 107 Å². The van der Waals surface area contributed by atoms with E-state index in [2.05, 4.69) is 37.3 Å². The molecule has 0 saturated carbocycles. The Morgan fingerprint density at radius 1 is 0.839 bits per heavy atom. The van der Waals surface area contributed by atoms with E-state index in [4.69, 9.17) is 19.4 Å². The third-order valence-corrected chi connectivity index (χ3v) is 10.7. The van der Waals surface area contributed by atoms with Gasteiger partial charge in [0.2, 0.25) is 5.91 Å². The summed E-state index contributed by atoms with van der Waals surface area (Å²) in [5.41, 5.74) is 6.34. The van der Waals surface area contributed by atoms with Crippen LogP contribution in [0.15, 0.2) is 79.0 Å². The molecule has 0 radical (unpaired) electrons. The summed E-state index contributed by atoms with van der Waals surface area (Å²) in [7, 11) is 2.67. The summed E-state index contributed by atoms with van der Waals surface area (Å²) in [6, 6.07) is 22.9. The first kappa shape index (κ1) is 38.2. The lowest BCUT2D eigenvalue weighted by molar-refractivity contribution is -0.135. The molecular weight excluding hydrogens is 709 g/mol. The fraction of sp³-hybridized carbons (Fsp3) is 0.372. The number of fused-ring (bicyclic) bond motifs is 1. The maximum Gasteiger partial charge on any atom is 0.407 e. The molecule has 3 amide bonds. The van der Waals surface area contributed by atoms with Crippen molar-refractivity contribution in [1.82, 2.24) is 40.4 Å². The van der Waals surface area contributed by atoms with E-state index < -0.39 is 18.2 Å². The maximum absolute atomic E-state index is 13.6. The van der Waals surface area contributed by atoms with E-state index in [1.54, 1.807) is 0 Å².